The van der Waals surface area contributed by atoms with Gasteiger partial charge in [-0.3, -0.25) is 0 Å². The highest BCUT2D eigenvalue weighted by atomic mass is 19.4. The van der Waals surface area contributed by atoms with E-state index in [0.717, 1.165) is 0 Å². The van der Waals surface area contributed by atoms with Crippen molar-refractivity contribution in [3.05, 3.63) is 70.8 Å². The summed E-state index contributed by atoms with van der Waals surface area (Å²) in [6, 6.07) is 3.78. The number of carboxylic acids is 2. The molecular weight excluding hydrogens is 382 g/mol. The molecular formula is C17H10F6O4. The second-order valence-electron chi connectivity index (χ2n) is 5.50. The first-order valence-electron chi connectivity index (χ1n) is 7.13. The van der Waals surface area contributed by atoms with Crippen LogP contribution in [0.1, 0.15) is 31.8 Å². The zero-order valence-corrected chi connectivity index (χ0v) is 13.1. The van der Waals surface area contributed by atoms with Crippen LogP contribution in [0.25, 0.3) is 0 Å². The smallest absolute Gasteiger partial charge is 0.433 e. The molecule has 144 valence electrons. The molecule has 0 aliphatic heterocycles. The van der Waals surface area contributed by atoms with Gasteiger partial charge in [0.15, 0.2) is 0 Å². The molecule has 10 heteroatoms. The monoisotopic (exact) mass is 392 g/mol. The molecule has 0 aliphatic carbocycles. The molecule has 4 nitrogen and oxygen atoms in total. The molecule has 0 spiro atoms. The van der Waals surface area contributed by atoms with Gasteiger partial charge in [-0.15, -0.1) is 0 Å². The van der Waals surface area contributed by atoms with Crippen LogP contribution in [0.5, 0.6) is 0 Å². The highest BCUT2D eigenvalue weighted by Gasteiger charge is 2.72. The molecule has 0 amide bonds. The van der Waals surface area contributed by atoms with Gasteiger partial charge < -0.3 is 10.2 Å². The molecule has 2 aromatic carbocycles. The number of benzene rings is 2. The Hall–Kier alpha value is -3.04. The Morgan fingerprint density at radius 1 is 0.630 bits per heavy atom. The fourth-order valence-electron chi connectivity index (χ4n) is 2.39. The maximum atomic E-state index is 14.9. The molecule has 27 heavy (non-hydrogen) atoms. The third-order valence-corrected chi connectivity index (χ3v) is 3.85. The van der Waals surface area contributed by atoms with Crippen molar-refractivity contribution in [3.8, 4) is 0 Å². The predicted octanol–water partition coefficient (Wildman–Crippen LogP) is 4.60. The SMILES string of the molecule is O=C(O)c1ccc(C(F)(F)C(F)(c2ccc(C(=O)O)cc2)C(F)(F)F)cc1. The van der Waals surface area contributed by atoms with E-state index in [0.29, 0.717) is 48.5 Å². The van der Waals surface area contributed by atoms with Crippen LogP contribution >= 0.6 is 0 Å². The van der Waals surface area contributed by atoms with Crippen LogP contribution in [0.2, 0.25) is 0 Å². The largest absolute Gasteiger partial charge is 0.478 e. The lowest BCUT2D eigenvalue weighted by Gasteiger charge is -2.35. The third kappa shape index (κ3) is 3.34. The van der Waals surface area contributed by atoms with Crippen molar-refractivity contribution < 1.29 is 46.1 Å². The molecule has 0 radical (unpaired) electrons. The molecule has 2 aromatic rings. The average Bonchev–Trinajstić information content (AvgIpc) is 2.60. The highest BCUT2D eigenvalue weighted by molar-refractivity contribution is 5.88. The summed E-state index contributed by atoms with van der Waals surface area (Å²) in [5, 5.41) is 17.5. The minimum atomic E-state index is -6.06. The van der Waals surface area contributed by atoms with Crippen molar-refractivity contribution in [3.63, 3.8) is 0 Å². The van der Waals surface area contributed by atoms with E-state index in [1.807, 2.05) is 0 Å². The van der Waals surface area contributed by atoms with E-state index in [-0.39, 0.29) is 0 Å². The fraction of sp³-hybridized carbons (Fsp3) is 0.176. The number of halogens is 6. The molecule has 0 fully saturated rings. The van der Waals surface area contributed by atoms with Crippen LogP contribution in [0, 0.1) is 0 Å². The standard InChI is InChI=1S/C17H10F6O4/c18-15(17(21,22)23,11-5-1-9(2-6-11)13(24)25)16(19,20)12-7-3-10(4-8-12)14(26)27/h1-8H,(H,24,25)(H,26,27). The second-order valence-corrected chi connectivity index (χ2v) is 5.50. The summed E-state index contributed by atoms with van der Waals surface area (Å²) >= 11 is 0. The summed E-state index contributed by atoms with van der Waals surface area (Å²) in [5.74, 6) is -8.17. The molecule has 0 saturated heterocycles. The van der Waals surface area contributed by atoms with Gasteiger partial charge in [-0.05, 0) is 24.3 Å². The Morgan fingerprint density at radius 2 is 0.963 bits per heavy atom. The minimum absolute atomic E-state index is 0.316. The summed E-state index contributed by atoms with van der Waals surface area (Å²) in [6.07, 6.45) is -6.06. The van der Waals surface area contributed by atoms with Gasteiger partial charge in [0.2, 0.25) is 0 Å². The van der Waals surface area contributed by atoms with Crippen molar-refractivity contribution in [2.24, 2.45) is 0 Å². The first-order chi connectivity index (χ1) is 12.3. The van der Waals surface area contributed by atoms with Gasteiger partial charge in [-0.25, -0.2) is 14.0 Å². The summed E-state index contributed by atoms with van der Waals surface area (Å²) in [4.78, 5) is 21.5. The van der Waals surface area contributed by atoms with Crippen LogP contribution < -0.4 is 0 Å². The molecule has 1 unspecified atom stereocenters. The van der Waals surface area contributed by atoms with Gasteiger partial charge in [0.25, 0.3) is 5.67 Å². The first-order valence-corrected chi connectivity index (χ1v) is 7.13. The van der Waals surface area contributed by atoms with E-state index in [4.69, 9.17) is 10.2 Å². The third-order valence-electron chi connectivity index (χ3n) is 3.85. The van der Waals surface area contributed by atoms with Gasteiger partial charge in [0, 0.05) is 11.1 Å². The topological polar surface area (TPSA) is 74.6 Å². The van der Waals surface area contributed by atoms with Gasteiger partial charge >= 0.3 is 24.0 Å². The summed E-state index contributed by atoms with van der Waals surface area (Å²) in [6.45, 7) is 0. The Bertz CT molecular complexity index is 858. The van der Waals surface area contributed by atoms with E-state index < -0.39 is 52.0 Å². The lowest BCUT2D eigenvalue weighted by molar-refractivity contribution is -0.314. The molecule has 0 aromatic heterocycles. The Kier molecular flexibility index (Phi) is 4.96. The van der Waals surface area contributed by atoms with E-state index in [2.05, 4.69) is 0 Å². The van der Waals surface area contributed by atoms with Gasteiger partial charge in [-0.2, -0.15) is 22.0 Å². The van der Waals surface area contributed by atoms with Crippen LogP contribution in [-0.4, -0.2) is 28.3 Å². The Balaban J connectivity index is 2.63. The number of aromatic carboxylic acids is 2. The average molecular weight is 392 g/mol. The van der Waals surface area contributed by atoms with E-state index in [1.54, 1.807) is 0 Å². The van der Waals surface area contributed by atoms with E-state index in [9.17, 15) is 35.9 Å². The fourth-order valence-corrected chi connectivity index (χ4v) is 2.39. The Morgan fingerprint density at radius 3 is 1.26 bits per heavy atom. The normalized spacial score (nSPS) is 14.4. The molecule has 2 rings (SSSR count). The van der Waals surface area contributed by atoms with Gasteiger partial charge in [0.1, 0.15) is 0 Å². The zero-order valence-electron chi connectivity index (χ0n) is 13.1. The van der Waals surface area contributed by atoms with Gasteiger partial charge in [-0.1, -0.05) is 24.3 Å². The number of carboxylic acid groups (broad SMARTS) is 2. The highest BCUT2D eigenvalue weighted by Crippen LogP contribution is 2.57. The van der Waals surface area contributed by atoms with Crippen molar-refractivity contribution in [1.82, 2.24) is 0 Å². The molecule has 1 atom stereocenters. The summed E-state index contributed by atoms with van der Waals surface area (Å²) < 4.78 is 84.3. The molecule has 0 aliphatic rings. The molecule has 2 N–H and O–H groups in total. The number of hydrogen-bond acceptors (Lipinski definition) is 2. The van der Waals surface area contributed by atoms with Crippen molar-refractivity contribution in [2.75, 3.05) is 0 Å². The molecule has 0 heterocycles. The molecule has 0 bridgehead atoms. The first kappa shape index (κ1) is 20.3. The van der Waals surface area contributed by atoms with E-state index in [1.165, 1.54) is 0 Å². The lowest BCUT2D eigenvalue weighted by Crippen LogP contribution is -2.51. The zero-order chi connectivity index (χ0) is 20.6. The predicted molar refractivity (Wildman–Crippen MR) is 79.5 cm³/mol. The van der Waals surface area contributed by atoms with Crippen LogP contribution in [0.4, 0.5) is 26.3 Å². The maximum absolute atomic E-state index is 14.9. The van der Waals surface area contributed by atoms with Crippen LogP contribution in [-0.2, 0) is 11.6 Å². The van der Waals surface area contributed by atoms with Crippen molar-refractivity contribution in [1.29, 1.82) is 0 Å². The lowest BCUT2D eigenvalue weighted by atomic mass is 9.84. The second kappa shape index (κ2) is 6.60. The summed E-state index contributed by atoms with van der Waals surface area (Å²) in [5.41, 5.74) is -9.06. The number of alkyl halides is 6. The summed E-state index contributed by atoms with van der Waals surface area (Å²) in [7, 11) is 0. The number of hydrogen-bond donors (Lipinski definition) is 2. The maximum Gasteiger partial charge on any atom is 0.433 e. The van der Waals surface area contributed by atoms with Crippen molar-refractivity contribution >= 4 is 11.9 Å². The van der Waals surface area contributed by atoms with Crippen LogP contribution in [0.15, 0.2) is 48.5 Å². The van der Waals surface area contributed by atoms with Gasteiger partial charge in [0.05, 0.1) is 11.1 Å². The van der Waals surface area contributed by atoms with Crippen molar-refractivity contribution in [2.45, 2.75) is 17.8 Å². The Labute approximate surface area is 147 Å². The van der Waals surface area contributed by atoms with Crippen LogP contribution in [0.3, 0.4) is 0 Å². The molecule has 0 saturated carbocycles. The number of carbonyl (C=O) groups is 2. The van der Waals surface area contributed by atoms with E-state index >= 15 is 0 Å². The quantitative estimate of drug-likeness (QED) is 0.730. The minimum Gasteiger partial charge on any atom is -0.478 e. The number of rotatable bonds is 5.